The molecule has 0 aliphatic carbocycles. The molecule has 17 heavy (non-hydrogen) atoms. The number of hydrogen-bond acceptors (Lipinski definition) is 3. The Morgan fingerprint density at radius 2 is 1.76 bits per heavy atom. The van der Waals surface area contributed by atoms with Gasteiger partial charge in [0.25, 0.3) is 0 Å². The van der Waals surface area contributed by atoms with Gasteiger partial charge in [0.2, 0.25) is 10.0 Å². The molecule has 0 amide bonds. The molecule has 0 rings (SSSR count). The number of carbonyl (C=O) groups is 1. The molecule has 0 heterocycles. The van der Waals surface area contributed by atoms with Crippen molar-refractivity contribution in [2.45, 2.75) is 47.1 Å². The fraction of sp³-hybridized carbons (Fsp3) is 0.909. The third-order valence-corrected chi connectivity index (χ3v) is 4.06. The van der Waals surface area contributed by atoms with Crippen LogP contribution in [0.15, 0.2) is 0 Å². The number of carboxylic acids is 1. The minimum atomic E-state index is -3.44. The van der Waals surface area contributed by atoms with Crippen molar-refractivity contribution in [1.82, 2.24) is 4.72 Å². The molecule has 0 saturated carbocycles. The number of rotatable bonds is 6. The van der Waals surface area contributed by atoms with Crippen LogP contribution in [0.5, 0.6) is 0 Å². The van der Waals surface area contributed by atoms with Gasteiger partial charge in [0.05, 0.1) is 12.2 Å². The molecule has 0 aromatic rings. The van der Waals surface area contributed by atoms with Gasteiger partial charge >= 0.3 is 5.97 Å². The van der Waals surface area contributed by atoms with Crippen LogP contribution in [0.1, 0.15) is 41.0 Å². The predicted octanol–water partition coefficient (Wildman–Crippen LogP) is 1.45. The minimum absolute atomic E-state index is 0.0111. The van der Waals surface area contributed by atoms with Crippen molar-refractivity contribution in [3.63, 3.8) is 0 Å². The summed E-state index contributed by atoms with van der Waals surface area (Å²) in [5.41, 5.74) is -0.351. The summed E-state index contributed by atoms with van der Waals surface area (Å²) in [6.07, 6.45) is -0.193. The van der Waals surface area contributed by atoms with Crippen LogP contribution in [0.3, 0.4) is 0 Å². The second kappa shape index (κ2) is 5.82. The minimum Gasteiger partial charge on any atom is -0.481 e. The van der Waals surface area contributed by atoms with Crippen LogP contribution >= 0.6 is 0 Å². The number of hydrogen-bond donors (Lipinski definition) is 2. The largest absolute Gasteiger partial charge is 0.481 e. The van der Waals surface area contributed by atoms with Gasteiger partial charge < -0.3 is 5.11 Å². The molecule has 0 spiro atoms. The Bertz CT molecular complexity index is 354. The van der Waals surface area contributed by atoms with Gasteiger partial charge in [0, 0.05) is 6.04 Å². The highest BCUT2D eigenvalue weighted by atomic mass is 32.2. The summed E-state index contributed by atoms with van der Waals surface area (Å²) in [6, 6.07) is -0.556. The monoisotopic (exact) mass is 265 g/mol. The van der Waals surface area contributed by atoms with Gasteiger partial charge in [-0.3, -0.25) is 4.79 Å². The first-order valence-corrected chi connectivity index (χ1v) is 7.30. The first-order valence-electron chi connectivity index (χ1n) is 5.65. The van der Waals surface area contributed by atoms with Crippen molar-refractivity contribution in [1.29, 1.82) is 0 Å². The molecule has 1 atom stereocenters. The second-order valence-corrected chi connectivity index (χ2v) is 7.64. The lowest BCUT2D eigenvalue weighted by Gasteiger charge is -2.24. The van der Waals surface area contributed by atoms with Gasteiger partial charge in [-0.2, -0.15) is 0 Å². The van der Waals surface area contributed by atoms with Crippen molar-refractivity contribution >= 4 is 16.0 Å². The quantitative estimate of drug-likeness (QED) is 0.761. The molecular weight excluding hydrogens is 242 g/mol. The van der Waals surface area contributed by atoms with E-state index >= 15 is 0 Å². The summed E-state index contributed by atoms with van der Waals surface area (Å²) in [6.45, 7) is 9.08. The Balaban J connectivity index is 4.70. The molecule has 0 saturated heterocycles. The Kier molecular flexibility index (Phi) is 5.61. The van der Waals surface area contributed by atoms with Crippen molar-refractivity contribution < 1.29 is 18.3 Å². The van der Waals surface area contributed by atoms with E-state index in [4.69, 9.17) is 5.11 Å². The van der Waals surface area contributed by atoms with Crippen LogP contribution in [0.2, 0.25) is 0 Å². The molecule has 1 unspecified atom stereocenters. The molecule has 102 valence electrons. The molecule has 0 aliphatic heterocycles. The molecule has 0 radical (unpaired) electrons. The van der Waals surface area contributed by atoms with Gasteiger partial charge in [0.1, 0.15) is 0 Å². The van der Waals surface area contributed by atoms with Crippen molar-refractivity contribution in [2.75, 3.05) is 5.75 Å². The molecule has 5 nitrogen and oxygen atoms in total. The Morgan fingerprint density at radius 1 is 1.29 bits per heavy atom. The lowest BCUT2D eigenvalue weighted by molar-refractivity contribution is -0.137. The van der Waals surface area contributed by atoms with Crippen molar-refractivity contribution in [3.8, 4) is 0 Å². The molecule has 0 bridgehead atoms. The maximum atomic E-state index is 11.8. The highest BCUT2D eigenvalue weighted by molar-refractivity contribution is 7.89. The average molecular weight is 265 g/mol. The van der Waals surface area contributed by atoms with E-state index in [1.54, 1.807) is 13.8 Å². The predicted molar refractivity (Wildman–Crippen MR) is 67.3 cm³/mol. The Morgan fingerprint density at radius 3 is 2.06 bits per heavy atom. The van der Waals surface area contributed by atoms with E-state index in [0.717, 1.165) is 0 Å². The number of carboxylic acid groups (broad SMARTS) is 1. The molecule has 0 aromatic carbocycles. The summed E-state index contributed by atoms with van der Waals surface area (Å²) in [4.78, 5) is 10.7. The van der Waals surface area contributed by atoms with Crippen LogP contribution in [-0.2, 0) is 14.8 Å². The van der Waals surface area contributed by atoms with Gasteiger partial charge in [-0.05, 0) is 11.3 Å². The van der Waals surface area contributed by atoms with E-state index in [1.807, 2.05) is 20.8 Å². The summed E-state index contributed by atoms with van der Waals surface area (Å²) in [5.74, 6) is -1.06. The van der Waals surface area contributed by atoms with E-state index in [-0.39, 0.29) is 23.5 Å². The summed E-state index contributed by atoms with van der Waals surface area (Å²) in [5, 5.41) is 8.73. The van der Waals surface area contributed by atoms with Crippen LogP contribution in [0.4, 0.5) is 0 Å². The van der Waals surface area contributed by atoms with Crippen molar-refractivity contribution in [2.24, 2.45) is 11.3 Å². The van der Waals surface area contributed by atoms with E-state index in [9.17, 15) is 13.2 Å². The standard InChI is InChI=1S/C11H23NO4S/c1-8(2)9(6-10(13)14)12-17(15,16)7-11(3,4)5/h8-9,12H,6-7H2,1-5H3,(H,13,14). The van der Waals surface area contributed by atoms with Crippen LogP contribution in [0.25, 0.3) is 0 Å². The summed E-state index contributed by atoms with van der Waals surface area (Å²) < 4.78 is 26.1. The molecule has 0 fully saturated rings. The SMILES string of the molecule is CC(C)C(CC(=O)O)NS(=O)(=O)CC(C)(C)C. The fourth-order valence-corrected chi connectivity index (χ4v) is 3.48. The average Bonchev–Trinajstić information content (AvgIpc) is 1.95. The smallest absolute Gasteiger partial charge is 0.304 e. The van der Waals surface area contributed by atoms with Gasteiger partial charge in [-0.15, -0.1) is 0 Å². The Hall–Kier alpha value is -0.620. The first kappa shape index (κ1) is 16.4. The first-order chi connectivity index (χ1) is 7.43. The van der Waals surface area contributed by atoms with E-state index < -0.39 is 22.0 Å². The summed E-state index contributed by atoms with van der Waals surface area (Å²) >= 11 is 0. The van der Waals surface area contributed by atoms with Crippen LogP contribution in [-0.4, -0.2) is 31.3 Å². The molecule has 0 aromatic heterocycles. The van der Waals surface area contributed by atoms with Crippen LogP contribution in [0, 0.1) is 11.3 Å². The third kappa shape index (κ3) is 8.15. The van der Waals surface area contributed by atoms with Gasteiger partial charge in [0.15, 0.2) is 0 Å². The van der Waals surface area contributed by atoms with E-state index in [1.165, 1.54) is 0 Å². The maximum Gasteiger partial charge on any atom is 0.304 e. The second-order valence-electron chi connectivity index (χ2n) is 5.89. The van der Waals surface area contributed by atoms with Gasteiger partial charge in [-0.25, -0.2) is 13.1 Å². The highest BCUT2D eigenvalue weighted by Gasteiger charge is 2.27. The molecule has 0 aliphatic rings. The molecule has 2 N–H and O–H groups in total. The highest BCUT2D eigenvalue weighted by Crippen LogP contribution is 2.17. The third-order valence-electron chi connectivity index (χ3n) is 2.15. The van der Waals surface area contributed by atoms with Crippen LogP contribution < -0.4 is 4.72 Å². The van der Waals surface area contributed by atoms with E-state index in [0.29, 0.717) is 0 Å². The zero-order valence-corrected chi connectivity index (χ0v) is 12.0. The van der Waals surface area contributed by atoms with E-state index in [2.05, 4.69) is 4.72 Å². The zero-order valence-electron chi connectivity index (χ0n) is 11.1. The Labute approximate surface area is 104 Å². The normalized spacial score (nSPS) is 14.9. The topological polar surface area (TPSA) is 83.5 Å². The number of aliphatic carboxylic acids is 1. The zero-order chi connectivity index (χ0) is 13.9. The number of sulfonamides is 1. The lowest BCUT2D eigenvalue weighted by atomic mass is 10.0. The number of nitrogens with one attached hydrogen (secondary N) is 1. The lowest BCUT2D eigenvalue weighted by Crippen LogP contribution is -2.43. The summed E-state index contributed by atoms with van der Waals surface area (Å²) in [7, 11) is -3.44. The fourth-order valence-electron chi connectivity index (χ4n) is 1.44. The molecular formula is C11H23NO4S. The molecule has 6 heteroatoms. The van der Waals surface area contributed by atoms with Crippen molar-refractivity contribution in [3.05, 3.63) is 0 Å². The maximum absolute atomic E-state index is 11.8. The van der Waals surface area contributed by atoms with Gasteiger partial charge in [-0.1, -0.05) is 34.6 Å².